The van der Waals surface area contributed by atoms with Gasteiger partial charge < -0.3 is 15.3 Å². The summed E-state index contributed by atoms with van der Waals surface area (Å²) >= 11 is 0. The van der Waals surface area contributed by atoms with E-state index < -0.39 is 5.91 Å². The maximum Gasteiger partial charge on any atom is 0.258 e. The second-order valence-corrected chi connectivity index (χ2v) is 6.65. The largest absolute Gasteiger partial charge is 0.368 e. The molecule has 3 aromatic heterocycles. The molecule has 0 unspecified atom stereocenters. The van der Waals surface area contributed by atoms with E-state index in [1.54, 1.807) is 12.4 Å². The number of nitriles is 1. The van der Waals surface area contributed by atoms with Crippen LogP contribution in [0.5, 0.6) is 0 Å². The molecule has 3 aromatic rings. The van der Waals surface area contributed by atoms with E-state index in [0.717, 1.165) is 25.7 Å². The Labute approximate surface area is 148 Å². The number of carbonyl (C=O) groups is 1. The molecule has 0 saturated heterocycles. The van der Waals surface area contributed by atoms with E-state index in [-0.39, 0.29) is 18.1 Å². The fourth-order valence-electron chi connectivity index (χ4n) is 3.83. The molecule has 1 fully saturated rings. The zero-order valence-corrected chi connectivity index (χ0v) is 14.1. The molecule has 0 aromatic carbocycles. The molecule has 3 heterocycles. The van der Waals surface area contributed by atoms with Gasteiger partial charge in [0.25, 0.3) is 5.56 Å². The SMILES string of the molecule is N#Cc1c[nH]c(=O)c2c(-c3cnn(CC(N)=O)c3)cn(C3CCCC3)c12. The van der Waals surface area contributed by atoms with E-state index >= 15 is 0 Å². The molecule has 1 aliphatic carbocycles. The van der Waals surface area contributed by atoms with Gasteiger partial charge in [-0.15, -0.1) is 0 Å². The van der Waals surface area contributed by atoms with E-state index in [1.807, 2.05) is 6.20 Å². The molecule has 132 valence electrons. The number of nitrogens with two attached hydrogens (primary N) is 1. The number of nitrogens with one attached hydrogen (secondary N) is 1. The van der Waals surface area contributed by atoms with Crippen molar-refractivity contribution in [2.24, 2.45) is 5.73 Å². The number of carbonyl (C=O) groups excluding carboxylic acids is 1. The highest BCUT2D eigenvalue weighted by molar-refractivity contribution is 5.98. The van der Waals surface area contributed by atoms with Gasteiger partial charge in [0.1, 0.15) is 12.6 Å². The first-order valence-corrected chi connectivity index (χ1v) is 8.56. The van der Waals surface area contributed by atoms with Crippen LogP contribution in [-0.4, -0.2) is 25.2 Å². The monoisotopic (exact) mass is 350 g/mol. The fraction of sp³-hybridized carbons (Fsp3) is 0.333. The van der Waals surface area contributed by atoms with Crippen molar-refractivity contribution in [1.82, 2.24) is 19.3 Å². The number of hydrogen-bond donors (Lipinski definition) is 2. The van der Waals surface area contributed by atoms with Gasteiger partial charge in [-0.25, -0.2) is 0 Å². The number of hydrogen-bond acceptors (Lipinski definition) is 4. The van der Waals surface area contributed by atoms with E-state index in [0.29, 0.717) is 27.6 Å². The number of fused-ring (bicyclic) bond motifs is 1. The Kier molecular flexibility index (Phi) is 3.84. The standard InChI is InChI=1S/C18H18N6O2/c19-5-11-6-21-18(26)16-14(12-7-22-23(8-12)10-15(20)25)9-24(17(11)16)13-3-1-2-4-13/h6-9,13H,1-4,10H2,(H2,20,25)(H,21,26). The van der Waals surface area contributed by atoms with Crippen molar-refractivity contribution < 1.29 is 4.79 Å². The van der Waals surface area contributed by atoms with Gasteiger partial charge in [-0.1, -0.05) is 12.8 Å². The Hall–Kier alpha value is -3.34. The Morgan fingerprint density at radius 1 is 1.38 bits per heavy atom. The van der Waals surface area contributed by atoms with Gasteiger partial charge in [-0.05, 0) is 12.8 Å². The van der Waals surface area contributed by atoms with Crippen molar-refractivity contribution in [2.75, 3.05) is 0 Å². The van der Waals surface area contributed by atoms with Crippen LogP contribution in [0, 0.1) is 11.3 Å². The number of primary amides is 1. The molecular formula is C18H18N6O2. The Morgan fingerprint density at radius 2 is 2.15 bits per heavy atom. The Morgan fingerprint density at radius 3 is 2.85 bits per heavy atom. The molecule has 0 bridgehead atoms. The van der Waals surface area contributed by atoms with Crippen LogP contribution in [0.3, 0.4) is 0 Å². The van der Waals surface area contributed by atoms with Crippen molar-refractivity contribution in [3.8, 4) is 17.2 Å². The van der Waals surface area contributed by atoms with E-state index in [9.17, 15) is 14.9 Å². The van der Waals surface area contributed by atoms with Crippen molar-refractivity contribution in [3.63, 3.8) is 0 Å². The molecule has 0 atom stereocenters. The molecule has 8 nitrogen and oxygen atoms in total. The predicted molar refractivity (Wildman–Crippen MR) is 95.2 cm³/mol. The minimum absolute atomic E-state index is 0.0267. The highest BCUT2D eigenvalue weighted by Gasteiger charge is 2.24. The number of pyridine rings is 1. The summed E-state index contributed by atoms with van der Waals surface area (Å²) < 4.78 is 3.51. The lowest BCUT2D eigenvalue weighted by atomic mass is 10.1. The maximum atomic E-state index is 12.6. The Balaban J connectivity index is 1.95. The van der Waals surface area contributed by atoms with E-state index in [1.165, 1.54) is 10.9 Å². The first-order chi connectivity index (χ1) is 12.6. The fourth-order valence-corrected chi connectivity index (χ4v) is 3.83. The predicted octanol–water partition coefficient (Wildman–Crippen LogP) is 1.67. The van der Waals surface area contributed by atoms with Crippen LogP contribution in [0.1, 0.15) is 37.3 Å². The zero-order chi connectivity index (χ0) is 18.3. The topological polar surface area (TPSA) is 122 Å². The molecular weight excluding hydrogens is 332 g/mol. The lowest BCUT2D eigenvalue weighted by Gasteiger charge is -2.13. The average Bonchev–Trinajstić information content (AvgIpc) is 3.33. The second-order valence-electron chi connectivity index (χ2n) is 6.65. The smallest absolute Gasteiger partial charge is 0.258 e. The lowest BCUT2D eigenvalue weighted by Crippen LogP contribution is -2.18. The first-order valence-electron chi connectivity index (χ1n) is 8.56. The van der Waals surface area contributed by atoms with Crippen LogP contribution in [0.4, 0.5) is 0 Å². The van der Waals surface area contributed by atoms with E-state index in [2.05, 4.69) is 20.7 Å². The molecule has 26 heavy (non-hydrogen) atoms. The highest BCUT2D eigenvalue weighted by Crippen LogP contribution is 2.37. The average molecular weight is 350 g/mol. The third-order valence-corrected chi connectivity index (χ3v) is 4.96. The molecule has 0 spiro atoms. The summed E-state index contributed by atoms with van der Waals surface area (Å²) in [5.74, 6) is -0.488. The third-order valence-electron chi connectivity index (χ3n) is 4.96. The molecule has 1 aliphatic rings. The molecule has 0 aliphatic heterocycles. The number of amides is 1. The second kappa shape index (κ2) is 6.19. The first kappa shape index (κ1) is 16.1. The quantitative estimate of drug-likeness (QED) is 0.743. The highest BCUT2D eigenvalue weighted by atomic mass is 16.1. The van der Waals surface area contributed by atoms with Crippen molar-refractivity contribution in [2.45, 2.75) is 38.3 Å². The van der Waals surface area contributed by atoms with Crippen LogP contribution in [0.15, 0.2) is 29.6 Å². The lowest BCUT2D eigenvalue weighted by molar-refractivity contribution is -0.118. The van der Waals surface area contributed by atoms with Gasteiger partial charge in [0.05, 0.1) is 22.7 Å². The summed E-state index contributed by atoms with van der Waals surface area (Å²) in [6, 6.07) is 2.46. The van der Waals surface area contributed by atoms with Gasteiger partial charge in [0, 0.05) is 35.8 Å². The summed E-state index contributed by atoms with van der Waals surface area (Å²) in [4.78, 5) is 26.3. The minimum atomic E-state index is -0.488. The van der Waals surface area contributed by atoms with Crippen molar-refractivity contribution >= 4 is 16.8 Å². The van der Waals surface area contributed by atoms with Gasteiger partial charge in [0.2, 0.25) is 5.91 Å². The summed E-state index contributed by atoms with van der Waals surface area (Å²) in [5.41, 5.74) is 7.51. The van der Waals surface area contributed by atoms with Gasteiger partial charge in [-0.3, -0.25) is 14.3 Å². The molecule has 8 heteroatoms. The number of aromatic nitrogens is 4. The molecule has 1 saturated carbocycles. The van der Waals surface area contributed by atoms with Gasteiger partial charge >= 0.3 is 0 Å². The third kappa shape index (κ3) is 2.58. The van der Waals surface area contributed by atoms with Crippen LogP contribution < -0.4 is 11.3 Å². The van der Waals surface area contributed by atoms with Gasteiger partial charge in [0.15, 0.2) is 0 Å². The molecule has 0 radical (unpaired) electrons. The van der Waals surface area contributed by atoms with E-state index in [4.69, 9.17) is 5.73 Å². The summed E-state index contributed by atoms with van der Waals surface area (Å²) in [6.07, 6.45) is 11.0. The van der Waals surface area contributed by atoms with Gasteiger partial charge in [-0.2, -0.15) is 10.4 Å². The normalized spacial score (nSPS) is 14.7. The molecule has 3 N–H and O–H groups in total. The number of H-pyrrole nitrogens is 1. The number of nitrogens with zero attached hydrogens (tertiary/aromatic N) is 4. The van der Waals surface area contributed by atoms with Crippen LogP contribution in [0.2, 0.25) is 0 Å². The number of rotatable bonds is 4. The zero-order valence-electron chi connectivity index (χ0n) is 14.1. The maximum absolute atomic E-state index is 12.6. The van der Waals surface area contributed by atoms with Crippen LogP contribution >= 0.6 is 0 Å². The Bertz CT molecular complexity index is 1090. The minimum Gasteiger partial charge on any atom is -0.368 e. The number of aromatic amines is 1. The summed E-state index contributed by atoms with van der Waals surface area (Å²) in [5, 5.41) is 14.2. The molecule has 1 amide bonds. The van der Waals surface area contributed by atoms with Crippen LogP contribution in [-0.2, 0) is 11.3 Å². The van der Waals surface area contributed by atoms with Crippen molar-refractivity contribution in [3.05, 3.63) is 40.7 Å². The summed E-state index contributed by atoms with van der Waals surface area (Å²) in [6.45, 7) is -0.0267. The van der Waals surface area contributed by atoms with Crippen molar-refractivity contribution in [1.29, 1.82) is 5.26 Å². The molecule has 4 rings (SSSR count). The van der Waals surface area contributed by atoms with Crippen LogP contribution in [0.25, 0.3) is 22.0 Å². The summed E-state index contributed by atoms with van der Waals surface area (Å²) in [7, 11) is 0.